The van der Waals surface area contributed by atoms with Crippen molar-refractivity contribution in [3.63, 3.8) is 0 Å². The van der Waals surface area contributed by atoms with Crippen molar-refractivity contribution in [3.05, 3.63) is 57.2 Å². The maximum atomic E-state index is 13.5. The molecule has 1 N–H and O–H groups in total. The molecule has 0 fully saturated rings. The lowest BCUT2D eigenvalue weighted by molar-refractivity contribution is 0.568. The molecular formula is C14H15ClFN3O. The molecule has 0 spiro atoms. The van der Waals surface area contributed by atoms with E-state index in [0.29, 0.717) is 17.8 Å². The van der Waals surface area contributed by atoms with Crippen LogP contribution in [0.1, 0.15) is 18.9 Å². The van der Waals surface area contributed by atoms with Crippen LogP contribution in [0.3, 0.4) is 0 Å². The minimum absolute atomic E-state index is 0.0739. The molecule has 0 saturated heterocycles. The summed E-state index contributed by atoms with van der Waals surface area (Å²) >= 11 is 6.01. The van der Waals surface area contributed by atoms with Crippen molar-refractivity contribution in [3.8, 4) is 0 Å². The molecule has 0 atom stereocenters. The molecular weight excluding hydrogens is 281 g/mol. The number of benzene rings is 1. The van der Waals surface area contributed by atoms with Gasteiger partial charge in [0.1, 0.15) is 10.8 Å². The first-order chi connectivity index (χ1) is 9.63. The van der Waals surface area contributed by atoms with Gasteiger partial charge in [0.2, 0.25) is 0 Å². The van der Waals surface area contributed by atoms with Crippen LogP contribution >= 0.6 is 11.6 Å². The Morgan fingerprint density at radius 3 is 2.85 bits per heavy atom. The highest BCUT2D eigenvalue weighted by Gasteiger charge is 2.09. The zero-order valence-corrected chi connectivity index (χ0v) is 11.8. The smallest absolute Gasteiger partial charge is 0.287 e. The van der Waals surface area contributed by atoms with Gasteiger partial charge in [-0.15, -0.1) is 0 Å². The van der Waals surface area contributed by atoms with Crippen molar-refractivity contribution in [2.75, 3.05) is 5.32 Å². The lowest BCUT2D eigenvalue weighted by Gasteiger charge is -2.10. The Hall–Kier alpha value is -1.88. The lowest BCUT2D eigenvalue weighted by Crippen LogP contribution is -2.24. The fourth-order valence-electron chi connectivity index (χ4n) is 1.79. The summed E-state index contributed by atoms with van der Waals surface area (Å²) in [6.45, 7) is 2.71. The minimum atomic E-state index is -0.341. The standard InChI is InChI=1S/C14H15ClFN3O/c1-2-7-19-14(20)13(15)12(9-18-19)17-8-10-5-3-4-6-11(10)16/h3-6,9,17H,2,7-8H2,1H3. The van der Waals surface area contributed by atoms with Gasteiger partial charge in [-0.2, -0.15) is 5.10 Å². The van der Waals surface area contributed by atoms with Crippen LogP contribution in [0, 0.1) is 5.82 Å². The molecule has 0 unspecified atom stereocenters. The second-order valence-corrected chi connectivity index (χ2v) is 4.72. The molecule has 0 saturated carbocycles. The Balaban J connectivity index is 2.17. The van der Waals surface area contributed by atoms with Crippen molar-refractivity contribution in [2.24, 2.45) is 0 Å². The maximum Gasteiger partial charge on any atom is 0.287 e. The van der Waals surface area contributed by atoms with E-state index in [-0.39, 0.29) is 22.9 Å². The van der Waals surface area contributed by atoms with Gasteiger partial charge in [0.25, 0.3) is 5.56 Å². The summed E-state index contributed by atoms with van der Waals surface area (Å²) in [4.78, 5) is 11.9. The molecule has 1 aromatic heterocycles. The van der Waals surface area contributed by atoms with Gasteiger partial charge >= 0.3 is 0 Å². The predicted octanol–water partition coefficient (Wildman–Crippen LogP) is 3.06. The van der Waals surface area contributed by atoms with Crippen LogP contribution in [0.5, 0.6) is 0 Å². The van der Waals surface area contributed by atoms with Gasteiger partial charge in [-0.1, -0.05) is 36.7 Å². The van der Waals surface area contributed by atoms with E-state index in [4.69, 9.17) is 11.6 Å². The largest absolute Gasteiger partial charge is 0.378 e. The number of aromatic nitrogens is 2. The summed E-state index contributed by atoms with van der Waals surface area (Å²) in [6, 6.07) is 6.43. The Bertz CT molecular complexity index is 657. The van der Waals surface area contributed by atoms with Gasteiger partial charge in [0.05, 0.1) is 11.9 Å². The molecule has 6 heteroatoms. The molecule has 2 rings (SSSR count). The number of halogens is 2. The Morgan fingerprint density at radius 2 is 2.15 bits per heavy atom. The minimum Gasteiger partial charge on any atom is -0.378 e. The van der Waals surface area contributed by atoms with E-state index in [1.165, 1.54) is 16.9 Å². The van der Waals surface area contributed by atoms with Crippen molar-refractivity contribution in [1.29, 1.82) is 0 Å². The van der Waals surface area contributed by atoms with Crippen molar-refractivity contribution in [1.82, 2.24) is 9.78 Å². The lowest BCUT2D eigenvalue weighted by atomic mass is 10.2. The third-order valence-electron chi connectivity index (χ3n) is 2.85. The van der Waals surface area contributed by atoms with E-state index < -0.39 is 0 Å². The second-order valence-electron chi connectivity index (χ2n) is 4.35. The Kier molecular flexibility index (Phi) is 4.74. The monoisotopic (exact) mass is 295 g/mol. The summed E-state index contributed by atoms with van der Waals surface area (Å²) in [6.07, 6.45) is 2.28. The van der Waals surface area contributed by atoms with Crippen LogP contribution in [0.2, 0.25) is 5.02 Å². The van der Waals surface area contributed by atoms with E-state index in [2.05, 4.69) is 10.4 Å². The zero-order chi connectivity index (χ0) is 14.5. The number of nitrogens with zero attached hydrogens (tertiary/aromatic N) is 2. The second kappa shape index (κ2) is 6.52. The summed E-state index contributed by atoms with van der Waals surface area (Å²) in [5.74, 6) is -0.302. The van der Waals surface area contributed by atoms with E-state index in [1.54, 1.807) is 18.2 Å². The van der Waals surface area contributed by atoms with Crippen LogP contribution < -0.4 is 10.9 Å². The van der Waals surface area contributed by atoms with Gasteiger partial charge in [-0.25, -0.2) is 9.07 Å². The van der Waals surface area contributed by atoms with Gasteiger partial charge in [0.15, 0.2) is 0 Å². The number of hydrogen-bond donors (Lipinski definition) is 1. The van der Waals surface area contributed by atoms with Crippen LogP contribution in [0.4, 0.5) is 10.1 Å². The van der Waals surface area contributed by atoms with E-state index in [9.17, 15) is 9.18 Å². The number of hydrogen-bond acceptors (Lipinski definition) is 3. The summed E-state index contributed by atoms with van der Waals surface area (Å²) in [5.41, 5.74) is 0.570. The van der Waals surface area contributed by atoms with Crippen LogP contribution in [-0.4, -0.2) is 9.78 Å². The highest BCUT2D eigenvalue weighted by atomic mass is 35.5. The van der Waals surface area contributed by atoms with Gasteiger partial charge in [-0.3, -0.25) is 4.79 Å². The summed E-state index contributed by atoms with van der Waals surface area (Å²) < 4.78 is 14.8. The van der Waals surface area contributed by atoms with Gasteiger partial charge < -0.3 is 5.32 Å². The van der Waals surface area contributed by atoms with Crippen LogP contribution in [0.25, 0.3) is 0 Å². The third-order valence-corrected chi connectivity index (χ3v) is 3.21. The summed E-state index contributed by atoms with van der Waals surface area (Å²) in [5, 5.41) is 7.03. The van der Waals surface area contributed by atoms with Crippen molar-refractivity contribution >= 4 is 17.3 Å². The van der Waals surface area contributed by atoms with Crippen molar-refractivity contribution < 1.29 is 4.39 Å². The Labute approximate surface area is 121 Å². The molecule has 20 heavy (non-hydrogen) atoms. The van der Waals surface area contributed by atoms with Crippen LogP contribution in [-0.2, 0) is 13.1 Å². The van der Waals surface area contributed by atoms with E-state index in [1.807, 2.05) is 6.92 Å². The maximum absolute atomic E-state index is 13.5. The van der Waals surface area contributed by atoms with E-state index >= 15 is 0 Å². The number of nitrogens with one attached hydrogen (secondary N) is 1. The number of anilines is 1. The first-order valence-corrected chi connectivity index (χ1v) is 6.74. The topological polar surface area (TPSA) is 46.9 Å². The molecule has 0 bridgehead atoms. The molecule has 0 aliphatic heterocycles. The Morgan fingerprint density at radius 1 is 1.40 bits per heavy atom. The molecule has 0 aliphatic rings. The SMILES string of the molecule is CCCn1ncc(NCc2ccccc2F)c(Cl)c1=O. The van der Waals surface area contributed by atoms with Crippen LogP contribution in [0.15, 0.2) is 35.3 Å². The molecule has 4 nitrogen and oxygen atoms in total. The van der Waals surface area contributed by atoms with E-state index in [0.717, 1.165) is 6.42 Å². The molecule has 1 aromatic carbocycles. The zero-order valence-electron chi connectivity index (χ0n) is 11.1. The highest BCUT2D eigenvalue weighted by molar-refractivity contribution is 6.32. The molecule has 0 amide bonds. The molecule has 2 aromatic rings. The first kappa shape index (κ1) is 14.5. The first-order valence-electron chi connectivity index (χ1n) is 6.36. The number of rotatable bonds is 5. The van der Waals surface area contributed by atoms with Gasteiger partial charge in [0, 0.05) is 18.7 Å². The summed E-state index contributed by atoms with van der Waals surface area (Å²) in [7, 11) is 0. The average molecular weight is 296 g/mol. The molecule has 0 radical (unpaired) electrons. The molecule has 106 valence electrons. The molecule has 1 heterocycles. The third kappa shape index (κ3) is 3.17. The predicted molar refractivity (Wildman–Crippen MR) is 77.5 cm³/mol. The highest BCUT2D eigenvalue weighted by Crippen LogP contribution is 2.17. The molecule has 0 aliphatic carbocycles. The normalized spacial score (nSPS) is 10.6. The van der Waals surface area contributed by atoms with Crippen molar-refractivity contribution in [2.45, 2.75) is 26.4 Å². The average Bonchev–Trinajstić information content (AvgIpc) is 2.45. The fourth-order valence-corrected chi connectivity index (χ4v) is 2.00. The number of aryl methyl sites for hydroxylation is 1. The van der Waals surface area contributed by atoms with Gasteiger partial charge in [-0.05, 0) is 12.5 Å². The fraction of sp³-hybridized carbons (Fsp3) is 0.286. The quantitative estimate of drug-likeness (QED) is 0.922.